The van der Waals surface area contributed by atoms with E-state index in [1.54, 1.807) is 0 Å². The third kappa shape index (κ3) is 3.12. The predicted octanol–water partition coefficient (Wildman–Crippen LogP) is 2.36. The molecule has 4 nitrogen and oxygen atoms in total. The molecule has 0 bridgehead atoms. The molecule has 100 valence electrons. The molecular formula is C13H21ClN4. The quantitative estimate of drug-likeness (QED) is 0.788. The molecule has 1 fully saturated rings. The van der Waals surface area contributed by atoms with Gasteiger partial charge in [0.1, 0.15) is 16.8 Å². The molecule has 0 saturated carbocycles. The molecular weight excluding hydrogens is 248 g/mol. The van der Waals surface area contributed by atoms with Crippen LogP contribution in [0.2, 0.25) is 5.15 Å². The smallest absolute Gasteiger partial charge is 0.134 e. The highest BCUT2D eigenvalue weighted by Crippen LogP contribution is 2.22. The molecule has 0 unspecified atom stereocenters. The molecule has 0 radical (unpaired) electrons. The van der Waals surface area contributed by atoms with Gasteiger partial charge in [-0.15, -0.1) is 0 Å². The molecule has 1 aromatic heterocycles. The number of halogens is 1. The Labute approximate surface area is 114 Å². The van der Waals surface area contributed by atoms with Crippen molar-refractivity contribution in [3.8, 4) is 0 Å². The normalized spacial score (nSPS) is 18.0. The number of hydrogen-bond acceptors (Lipinski definition) is 4. The second-order valence-corrected chi connectivity index (χ2v) is 5.26. The fourth-order valence-corrected chi connectivity index (χ4v) is 2.73. The molecule has 1 saturated heterocycles. The van der Waals surface area contributed by atoms with Crippen molar-refractivity contribution in [3.63, 3.8) is 0 Å². The van der Waals surface area contributed by atoms with Crippen LogP contribution >= 0.6 is 11.6 Å². The Morgan fingerprint density at radius 1 is 1.39 bits per heavy atom. The Balaban J connectivity index is 2.05. The van der Waals surface area contributed by atoms with Crippen LogP contribution in [-0.2, 0) is 0 Å². The van der Waals surface area contributed by atoms with Crippen molar-refractivity contribution in [2.75, 3.05) is 31.6 Å². The summed E-state index contributed by atoms with van der Waals surface area (Å²) in [5, 5.41) is 0.523. The van der Waals surface area contributed by atoms with Crippen molar-refractivity contribution in [1.29, 1.82) is 0 Å². The van der Waals surface area contributed by atoms with E-state index >= 15 is 0 Å². The van der Waals surface area contributed by atoms with Gasteiger partial charge in [0, 0.05) is 32.2 Å². The van der Waals surface area contributed by atoms with Crippen molar-refractivity contribution < 1.29 is 0 Å². The SMILES string of the molecule is CCN1CCC(N(C)c2cc(Cl)nc(C)n2)CC1. The Morgan fingerprint density at radius 3 is 2.61 bits per heavy atom. The van der Waals surface area contributed by atoms with Crippen molar-refractivity contribution in [2.24, 2.45) is 0 Å². The summed E-state index contributed by atoms with van der Waals surface area (Å²) in [5.41, 5.74) is 0. The van der Waals surface area contributed by atoms with Crippen LogP contribution in [0.25, 0.3) is 0 Å². The fourth-order valence-electron chi connectivity index (χ4n) is 2.51. The van der Waals surface area contributed by atoms with Gasteiger partial charge in [-0.2, -0.15) is 0 Å². The van der Waals surface area contributed by atoms with Gasteiger partial charge < -0.3 is 9.80 Å². The van der Waals surface area contributed by atoms with Crippen molar-refractivity contribution >= 4 is 17.4 Å². The van der Waals surface area contributed by atoms with Crippen LogP contribution in [0, 0.1) is 6.92 Å². The van der Waals surface area contributed by atoms with Crippen LogP contribution in [0.4, 0.5) is 5.82 Å². The van der Waals surface area contributed by atoms with Crippen LogP contribution in [0.15, 0.2) is 6.07 Å². The van der Waals surface area contributed by atoms with Gasteiger partial charge in [0.2, 0.25) is 0 Å². The minimum atomic E-state index is 0.523. The molecule has 5 heteroatoms. The van der Waals surface area contributed by atoms with E-state index in [2.05, 4.69) is 33.7 Å². The van der Waals surface area contributed by atoms with E-state index in [0.717, 1.165) is 18.2 Å². The average Bonchev–Trinajstić information content (AvgIpc) is 2.37. The van der Waals surface area contributed by atoms with Crippen LogP contribution < -0.4 is 4.90 Å². The van der Waals surface area contributed by atoms with Crippen LogP contribution in [0.5, 0.6) is 0 Å². The zero-order valence-corrected chi connectivity index (χ0v) is 12.1. The summed E-state index contributed by atoms with van der Waals surface area (Å²) in [4.78, 5) is 13.3. The number of nitrogens with zero attached hydrogens (tertiary/aromatic N) is 4. The fraction of sp³-hybridized carbons (Fsp3) is 0.692. The van der Waals surface area contributed by atoms with E-state index < -0.39 is 0 Å². The number of aryl methyl sites for hydroxylation is 1. The monoisotopic (exact) mass is 268 g/mol. The third-order valence-corrected chi connectivity index (χ3v) is 3.90. The first-order valence-electron chi connectivity index (χ1n) is 6.56. The summed E-state index contributed by atoms with van der Waals surface area (Å²) in [6, 6.07) is 2.40. The highest BCUT2D eigenvalue weighted by Gasteiger charge is 2.22. The highest BCUT2D eigenvalue weighted by atomic mass is 35.5. The first-order valence-corrected chi connectivity index (χ1v) is 6.94. The Kier molecular flexibility index (Phi) is 4.40. The van der Waals surface area contributed by atoms with E-state index in [1.165, 1.54) is 25.9 Å². The molecule has 18 heavy (non-hydrogen) atoms. The largest absolute Gasteiger partial charge is 0.356 e. The molecule has 1 aliphatic rings. The summed E-state index contributed by atoms with van der Waals surface area (Å²) in [5.74, 6) is 1.66. The molecule has 0 atom stereocenters. The van der Waals surface area contributed by atoms with Crippen molar-refractivity contribution in [2.45, 2.75) is 32.7 Å². The Hall–Kier alpha value is -0.870. The van der Waals surface area contributed by atoms with Gasteiger partial charge in [-0.3, -0.25) is 0 Å². The van der Waals surface area contributed by atoms with Gasteiger partial charge in [0.05, 0.1) is 0 Å². The van der Waals surface area contributed by atoms with Gasteiger partial charge in [0.25, 0.3) is 0 Å². The Bertz CT molecular complexity index is 382. The summed E-state index contributed by atoms with van der Waals surface area (Å²) in [6.45, 7) is 7.59. The maximum Gasteiger partial charge on any atom is 0.134 e. The molecule has 0 amide bonds. The second kappa shape index (κ2) is 5.85. The summed E-state index contributed by atoms with van der Waals surface area (Å²) < 4.78 is 0. The summed E-state index contributed by atoms with van der Waals surface area (Å²) >= 11 is 5.99. The lowest BCUT2D eigenvalue weighted by atomic mass is 10.0. The highest BCUT2D eigenvalue weighted by molar-refractivity contribution is 6.29. The van der Waals surface area contributed by atoms with Crippen molar-refractivity contribution in [1.82, 2.24) is 14.9 Å². The summed E-state index contributed by atoms with van der Waals surface area (Å²) in [6.07, 6.45) is 2.37. The van der Waals surface area contributed by atoms with Crippen molar-refractivity contribution in [3.05, 3.63) is 17.0 Å². The number of aromatic nitrogens is 2. The van der Waals surface area contributed by atoms with Gasteiger partial charge in [-0.1, -0.05) is 18.5 Å². The number of rotatable bonds is 3. The zero-order chi connectivity index (χ0) is 13.1. The molecule has 0 aliphatic carbocycles. The standard InChI is InChI=1S/C13H21ClN4/c1-4-18-7-5-11(6-8-18)17(3)13-9-12(14)15-10(2)16-13/h9,11H,4-8H2,1-3H3. The molecule has 1 aromatic rings. The van der Waals surface area contributed by atoms with Gasteiger partial charge in [-0.05, 0) is 26.3 Å². The maximum absolute atomic E-state index is 5.99. The van der Waals surface area contributed by atoms with Gasteiger partial charge in [-0.25, -0.2) is 9.97 Å². The lowest BCUT2D eigenvalue weighted by Gasteiger charge is -2.36. The topological polar surface area (TPSA) is 32.3 Å². The van der Waals surface area contributed by atoms with Gasteiger partial charge in [0.15, 0.2) is 0 Å². The molecule has 2 rings (SSSR count). The van der Waals surface area contributed by atoms with E-state index in [-0.39, 0.29) is 0 Å². The number of hydrogen-bond donors (Lipinski definition) is 0. The van der Waals surface area contributed by atoms with Crippen LogP contribution in [0.3, 0.4) is 0 Å². The lowest BCUT2D eigenvalue weighted by molar-refractivity contribution is 0.220. The van der Waals surface area contributed by atoms with Crippen LogP contribution in [-0.4, -0.2) is 47.6 Å². The summed E-state index contributed by atoms with van der Waals surface area (Å²) in [7, 11) is 2.10. The van der Waals surface area contributed by atoms with Gasteiger partial charge >= 0.3 is 0 Å². The maximum atomic E-state index is 5.99. The molecule has 0 N–H and O–H groups in total. The van der Waals surface area contributed by atoms with E-state index in [4.69, 9.17) is 11.6 Å². The molecule has 1 aliphatic heterocycles. The van der Waals surface area contributed by atoms with E-state index in [0.29, 0.717) is 11.2 Å². The molecule has 0 aromatic carbocycles. The number of piperidine rings is 1. The minimum Gasteiger partial charge on any atom is -0.356 e. The van der Waals surface area contributed by atoms with E-state index in [1.807, 2.05) is 13.0 Å². The molecule has 2 heterocycles. The third-order valence-electron chi connectivity index (χ3n) is 3.71. The number of anilines is 1. The molecule has 0 spiro atoms. The minimum absolute atomic E-state index is 0.523. The first kappa shape index (κ1) is 13.6. The second-order valence-electron chi connectivity index (χ2n) is 4.87. The Morgan fingerprint density at radius 2 is 2.06 bits per heavy atom. The first-order chi connectivity index (χ1) is 8.60. The average molecular weight is 269 g/mol. The van der Waals surface area contributed by atoms with Crippen LogP contribution in [0.1, 0.15) is 25.6 Å². The number of likely N-dealkylation sites (tertiary alicyclic amines) is 1. The predicted molar refractivity (Wildman–Crippen MR) is 75.3 cm³/mol. The van der Waals surface area contributed by atoms with E-state index in [9.17, 15) is 0 Å². The lowest BCUT2D eigenvalue weighted by Crippen LogP contribution is -2.43. The zero-order valence-electron chi connectivity index (χ0n) is 11.4.